The molecular formula is C14H16NO5+. The van der Waals surface area contributed by atoms with Crippen molar-refractivity contribution < 1.29 is 28.7 Å². The molecule has 0 radical (unpaired) electrons. The first-order valence-electron chi connectivity index (χ1n) is 6.31. The standard InChI is InChI=1S/C14H15NO5/c1-10-7-12(16)8-15(10,13(17)18)14(19)20-9-11-5-3-2-4-6-11/h2-6,10H,7-9H2,1H3/p+1/t10-,15?/m1/s1. The average molecular weight is 278 g/mol. The van der Waals surface area contributed by atoms with Crippen LogP contribution in [0.4, 0.5) is 9.59 Å². The molecule has 1 aliphatic heterocycles. The van der Waals surface area contributed by atoms with Crippen molar-refractivity contribution in [3.05, 3.63) is 35.9 Å². The highest BCUT2D eigenvalue weighted by Crippen LogP contribution is 2.27. The molecule has 1 aromatic rings. The van der Waals surface area contributed by atoms with Crippen molar-refractivity contribution in [3.63, 3.8) is 0 Å². The van der Waals surface area contributed by atoms with Gasteiger partial charge in [-0.25, -0.2) is 0 Å². The Bertz CT molecular complexity index is 542. The van der Waals surface area contributed by atoms with Crippen LogP contribution in [0, 0.1) is 0 Å². The average Bonchev–Trinajstić information content (AvgIpc) is 2.73. The molecule has 20 heavy (non-hydrogen) atoms. The summed E-state index contributed by atoms with van der Waals surface area (Å²) < 4.78 is 4.13. The van der Waals surface area contributed by atoms with Crippen LogP contribution in [0.15, 0.2) is 30.3 Å². The van der Waals surface area contributed by atoms with Crippen LogP contribution < -0.4 is 0 Å². The van der Waals surface area contributed by atoms with Gasteiger partial charge in [-0.15, -0.1) is 4.48 Å². The molecule has 6 heteroatoms. The maximum absolute atomic E-state index is 12.2. The summed E-state index contributed by atoms with van der Waals surface area (Å²) in [5, 5.41) is 9.34. The Balaban J connectivity index is 2.13. The largest absolute Gasteiger partial charge is 0.527 e. The van der Waals surface area contributed by atoms with Gasteiger partial charge in [0.25, 0.3) is 0 Å². The fraction of sp³-hybridized carbons (Fsp3) is 0.357. The molecule has 1 aliphatic rings. The van der Waals surface area contributed by atoms with Crippen LogP contribution >= 0.6 is 0 Å². The minimum absolute atomic E-state index is 0.00609. The van der Waals surface area contributed by atoms with Crippen LogP contribution in [0.3, 0.4) is 0 Å². The smallest absolute Gasteiger partial charge is 0.435 e. The van der Waals surface area contributed by atoms with Gasteiger partial charge in [0.05, 0.1) is 6.42 Å². The van der Waals surface area contributed by atoms with Gasteiger partial charge in [0.2, 0.25) is 0 Å². The fourth-order valence-corrected chi connectivity index (χ4v) is 2.40. The lowest BCUT2D eigenvalue weighted by Gasteiger charge is -2.26. The van der Waals surface area contributed by atoms with E-state index in [2.05, 4.69) is 0 Å². The van der Waals surface area contributed by atoms with E-state index < -0.39 is 22.7 Å². The minimum Gasteiger partial charge on any atom is -0.435 e. The number of rotatable bonds is 2. The van der Waals surface area contributed by atoms with Gasteiger partial charge in [-0.05, 0) is 12.5 Å². The number of carbonyl (C=O) groups is 3. The van der Waals surface area contributed by atoms with Gasteiger partial charge < -0.3 is 9.84 Å². The summed E-state index contributed by atoms with van der Waals surface area (Å²) in [5.41, 5.74) is 0.766. The molecule has 2 amide bonds. The first-order valence-corrected chi connectivity index (χ1v) is 6.31. The van der Waals surface area contributed by atoms with Gasteiger partial charge in [0, 0.05) is 0 Å². The quantitative estimate of drug-likeness (QED) is 0.838. The lowest BCUT2D eigenvalue weighted by molar-refractivity contribution is -0.792. The molecule has 1 fully saturated rings. The number of hydrogen-bond donors (Lipinski definition) is 1. The van der Waals surface area contributed by atoms with Gasteiger partial charge in [-0.2, -0.15) is 9.59 Å². The molecule has 1 heterocycles. The zero-order valence-electron chi connectivity index (χ0n) is 11.1. The molecule has 106 valence electrons. The number of ketones is 1. The van der Waals surface area contributed by atoms with Gasteiger partial charge >= 0.3 is 12.2 Å². The highest BCUT2D eigenvalue weighted by atomic mass is 16.6. The molecule has 0 bridgehead atoms. The van der Waals surface area contributed by atoms with Gasteiger partial charge in [-0.3, -0.25) is 4.79 Å². The molecule has 1 aromatic carbocycles. The number of amides is 2. The Kier molecular flexibility index (Phi) is 3.85. The number of benzene rings is 1. The molecule has 1 unspecified atom stereocenters. The Morgan fingerprint density at radius 1 is 1.35 bits per heavy atom. The zero-order valence-corrected chi connectivity index (χ0v) is 11.1. The third-order valence-corrected chi connectivity index (χ3v) is 3.57. The fourth-order valence-electron chi connectivity index (χ4n) is 2.40. The number of likely N-dealkylation sites (tertiary alicyclic amines) is 1. The number of carboxylic acid groups (broad SMARTS) is 1. The molecule has 0 saturated carbocycles. The second kappa shape index (κ2) is 5.42. The summed E-state index contributed by atoms with van der Waals surface area (Å²) >= 11 is 0. The number of imide groups is 1. The Morgan fingerprint density at radius 3 is 2.50 bits per heavy atom. The summed E-state index contributed by atoms with van der Waals surface area (Å²) in [6.07, 6.45) is -2.16. The number of carbonyl (C=O) groups excluding carboxylic acids is 2. The monoisotopic (exact) mass is 278 g/mol. The number of nitrogens with zero attached hydrogens (tertiary/aromatic N) is 1. The Morgan fingerprint density at radius 2 is 2.00 bits per heavy atom. The third kappa shape index (κ3) is 2.42. The molecule has 1 saturated heterocycles. The Hall–Kier alpha value is -2.21. The second-order valence-corrected chi connectivity index (χ2v) is 4.94. The van der Waals surface area contributed by atoms with E-state index in [1.54, 1.807) is 31.2 Å². The van der Waals surface area contributed by atoms with Crippen LogP contribution in [-0.2, 0) is 16.1 Å². The number of Topliss-reactive ketones (excluding diaryl/α,β-unsaturated/α-hetero) is 1. The SMILES string of the molecule is C[C@@H]1CC(=O)C[N+]1(C(=O)O)C(=O)OCc1ccccc1. The second-order valence-electron chi connectivity index (χ2n) is 4.94. The van der Waals surface area contributed by atoms with E-state index in [0.29, 0.717) is 0 Å². The van der Waals surface area contributed by atoms with E-state index in [1.165, 1.54) is 0 Å². The minimum atomic E-state index is -1.35. The van der Waals surface area contributed by atoms with Crippen LogP contribution in [-0.4, -0.2) is 40.1 Å². The molecular weight excluding hydrogens is 262 g/mol. The highest BCUT2D eigenvalue weighted by molar-refractivity contribution is 5.88. The van der Waals surface area contributed by atoms with Crippen LogP contribution in [0.1, 0.15) is 18.9 Å². The summed E-state index contributed by atoms with van der Waals surface area (Å²) in [6, 6.07) is 8.37. The highest BCUT2D eigenvalue weighted by Gasteiger charge is 2.58. The number of hydrogen-bond acceptors (Lipinski definition) is 4. The van der Waals surface area contributed by atoms with Crippen LogP contribution in [0.5, 0.6) is 0 Å². The van der Waals surface area contributed by atoms with Crippen LogP contribution in [0.2, 0.25) is 0 Å². The normalized spacial score (nSPS) is 25.4. The maximum Gasteiger partial charge on any atom is 0.527 e. The third-order valence-electron chi connectivity index (χ3n) is 3.57. The predicted molar refractivity (Wildman–Crippen MR) is 68.9 cm³/mol. The maximum atomic E-state index is 12.2. The molecule has 0 aliphatic carbocycles. The van der Waals surface area contributed by atoms with Gasteiger partial charge in [-0.1, -0.05) is 30.3 Å². The molecule has 6 nitrogen and oxygen atoms in total. The van der Waals surface area contributed by atoms with Crippen LogP contribution in [0.25, 0.3) is 0 Å². The van der Waals surface area contributed by atoms with Crippen molar-refractivity contribution >= 4 is 18.0 Å². The van der Waals surface area contributed by atoms with E-state index >= 15 is 0 Å². The van der Waals surface area contributed by atoms with Crippen molar-refractivity contribution in [2.75, 3.05) is 6.54 Å². The molecule has 0 spiro atoms. The first kappa shape index (κ1) is 14.2. The van der Waals surface area contributed by atoms with Crippen molar-refractivity contribution in [2.45, 2.75) is 26.0 Å². The van der Waals surface area contributed by atoms with Crippen molar-refractivity contribution in [3.8, 4) is 0 Å². The topological polar surface area (TPSA) is 80.7 Å². The van der Waals surface area contributed by atoms with E-state index in [9.17, 15) is 19.5 Å². The zero-order chi connectivity index (χ0) is 14.8. The molecule has 1 N–H and O–H groups in total. The molecule has 2 rings (SSSR count). The molecule has 0 aromatic heterocycles. The predicted octanol–water partition coefficient (Wildman–Crippen LogP) is 2.18. The van der Waals surface area contributed by atoms with E-state index in [4.69, 9.17) is 4.74 Å². The van der Waals surface area contributed by atoms with Gasteiger partial charge in [0.15, 0.2) is 12.3 Å². The van der Waals surface area contributed by atoms with Gasteiger partial charge in [0.1, 0.15) is 12.6 Å². The molecule has 2 atom stereocenters. The van der Waals surface area contributed by atoms with E-state index in [0.717, 1.165) is 5.56 Å². The summed E-state index contributed by atoms with van der Waals surface area (Å²) in [7, 11) is 0. The lowest BCUT2D eigenvalue weighted by atomic mass is 10.2. The van der Waals surface area contributed by atoms with Crippen molar-refractivity contribution in [2.24, 2.45) is 0 Å². The summed E-state index contributed by atoms with van der Waals surface area (Å²) in [5.74, 6) is -0.239. The Labute approximate surface area is 116 Å². The summed E-state index contributed by atoms with van der Waals surface area (Å²) in [4.78, 5) is 35.1. The summed E-state index contributed by atoms with van der Waals surface area (Å²) in [6.45, 7) is 1.22. The lowest BCUT2D eigenvalue weighted by Crippen LogP contribution is -2.59. The van der Waals surface area contributed by atoms with Crippen molar-refractivity contribution in [1.29, 1.82) is 0 Å². The van der Waals surface area contributed by atoms with E-state index in [-0.39, 0.29) is 25.4 Å². The van der Waals surface area contributed by atoms with Crippen molar-refractivity contribution in [1.82, 2.24) is 0 Å². The van der Waals surface area contributed by atoms with E-state index in [1.807, 2.05) is 6.07 Å². The first-order chi connectivity index (χ1) is 9.46. The number of ether oxygens (including phenoxy) is 1. The number of quaternary nitrogens is 1.